The molecule has 0 radical (unpaired) electrons. The topological polar surface area (TPSA) is 76.0 Å². The fraction of sp³-hybridized carbons (Fsp3) is 0.464. The van der Waals surface area contributed by atoms with Crippen LogP contribution in [0.3, 0.4) is 0 Å². The molecule has 8 heteroatoms. The molecule has 1 atom stereocenters. The number of fused-ring (bicyclic) bond motifs is 1. The molecule has 0 unspecified atom stereocenters. The summed E-state index contributed by atoms with van der Waals surface area (Å²) < 4.78 is 16.5. The summed E-state index contributed by atoms with van der Waals surface area (Å²) in [7, 11) is 0. The van der Waals surface area contributed by atoms with E-state index in [4.69, 9.17) is 11.6 Å². The van der Waals surface area contributed by atoms with E-state index in [9.17, 15) is 14.0 Å². The third-order valence-electron chi connectivity index (χ3n) is 6.91. The number of nitrogens with zero attached hydrogens (tertiary/aromatic N) is 2. The van der Waals surface area contributed by atoms with Crippen molar-refractivity contribution in [2.45, 2.75) is 72.0 Å². The fourth-order valence-electron chi connectivity index (χ4n) is 4.91. The highest BCUT2D eigenvalue weighted by Gasteiger charge is 2.34. The van der Waals surface area contributed by atoms with Gasteiger partial charge in [-0.15, -0.1) is 0 Å². The molecular formula is C28H34ClFN4O2. The molecule has 4 rings (SSSR count). The molecule has 2 amide bonds. The van der Waals surface area contributed by atoms with Gasteiger partial charge in [0.15, 0.2) is 5.69 Å². The van der Waals surface area contributed by atoms with E-state index in [1.807, 2.05) is 39.0 Å². The van der Waals surface area contributed by atoms with Crippen molar-refractivity contribution in [3.05, 3.63) is 64.6 Å². The van der Waals surface area contributed by atoms with Crippen LogP contribution in [0.15, 0.2) is 42.5 Å². The number of carbonyl (C=O) groups is 2. The number of rotatable bonds is 7. The van der Waals surface area contributed by atoms with Crippen LogP contribution in [0.1, 0.15) is 68.9 Å². The second-order valence-corrected chi connectivity index (χ2v) is 11.2. The van der Waals surface area contributed by atoms with Gasteiger partial charge in [0, 0.05) is 23.5 Å². The van der Waals surface area contributed by atoms with Crippen molar-refractivity contribution in [3.63, 3.8) is 0 Å². The Morgan fingerprint density at radius 3 is 2.53 bits per heavy atom. The van der Waals surface area contributed by atoms with E-state index in [0.29, 0.717) is 28.4 Å². The first-order valence-corrected chi connectivity index (χ1v) is 13.0. The molecular weight excluding hydrogens is 479 g/mol. The van der Waals surface area contributed by atoms with Crippen LogP contribution in [-0.2, 0) is 17.9 Å². The van der Waals surface area contributed by atoms with Gasteiger partial charge in [-0.3, -0.25) is 14.3 Å². The van der Waals surface area contributed by atoms with Gasteiger partial charge in [-0.2, -0.15) is 5.10 Å². The Kier molecular flexibility index (Phi) is 7.98. The number of para-hydroxylation sites is 1. The van der Waals surface area contributed by atoms with E-state index >= 15 is 0 Å². The van der Waals surface area contributed by atoms with E-state index in [1.54, 1.807) is 22.9 Å². The quantitative estimate of drug-likeness (QED) is 0.415. The summed E-state index contributed by atoms with van der Waals surface area (Å²) in [6.07, 6.45) is 5.71. The zero-order chi connectivity index (χ0) is 25.9. The van der Waals surface area contributed by atoms with E-state index in [0.717, 1.165) is 31.2 Å². The summed E-state index contributed by atoms with van der Waals surface area (Å²) in [5, 5.41) is 11.3. The SMILES string of the molecule is CC(C)(C)[C@H](NC(=O)c1nn(CC2CCCCC2)c2c(F)cccc12)C(=O)NCc1ccccc1Cl. The Morgan fingerprint density at radius 2 is 1.83 bits per heavy atom. The van der Waals surface area contributed by atoms with Crippen molar-refractivity contribution in [2.24, 2.45) is 11.3 Å². The van der Waals surface area contributed by atoms with Crippen molar-refractivity contribution in [1.82, 2.24) is 20.4 Å². The van der Waals surface area contributed by atoms with Crippen LogP contribution in [0.5, 0.6) is 0 Å². The van der Waals surface area contributed by atoms with Crippen LogP contribution in [-0.4, -0.2) is 27.6 Å². The summed E-state index contributed by atoms with van der Waals surface area (Å²) in [4.78, 5) is 26.6. The van der Waals surface area contributed by atoms with Crippen LogP contribution in [0.25, 0.3) is 10.9 Å². The van der Waals surface area contributed by atoms with Gasteiger partial charge in [-0.05, 0) is 41.9 Å². The molecule has 1 aliphatic rings. The predicted molar refractivity (Wildman–Crippen MR) is 140 cm³/mol. The van der Waals surface area contributed by atoms with Gasteiger partial charge in [0.2, 0.25) is 5.91 Å². The first kappa shape index (κ1) is 26.1. The Morgan fingerprint density at radius 1 is 1.11 bits per heavy atom. The summed E-state index contributed by atoms with van der Waals surface area (Å²) in [6.45, 7) is 6.46. The highest BCUT2D eigenvalue weighted by Crippen LogP contribution is 2.29. The number of amides is 2. The summed E-state index contributed by atoms with van der Waals surface area (Å²) in [5.41, 5.74) is 0.679. The average Bonchev–Trinajstić information content (AvgIpc) is 3.21. The van der Waals surface area contributed by atoms with Crippen molar-refractivity contribution in [1.29, 1.82) is 0 Å². The maximum atomic E-state index is 14.9. The number of aromatic nitrogens is 2. The molecule has 36 heavy (non-hydrogen) atoms. The maximum absolute atomic E-state index is 14.9. The summed E-state index contributed by atoms with van der Waals surface area (Å²) in [5.74, 6) is -0.816. The molecule has 0 aliphatic heterocycles. The van der Waals surface area contributed by atoms with Gasteiger partial charge in [-0.1, -0.05) is 82.0 Å². The number of halogens is 2. The summed E-state index contributed by atoms with van der Waals surface area (Å²) >= 11 is 6.22. The molecule has 6 nitrogen and oxygen atoms in total. The lowest BCUT2D eigenvalue weighted by Gasteiger charge is -2.30. The number of carbonyl (C=O) groups excluding carboxylic acids is 2. The van der Waals surface area contributed by atoms with Gasteiger partial charge >= 0.3 is 0 Å². The van der Waals surface area contributed by atoms with Crippen molar-refractivity contribution in [3.8, 4) is 0 Å². The van der Waals surface area contributed by atoms with Crippen LogP contribution in [0.4, 0.5) is 4.39 Å². The minimum atomic E-state index is -0.834. The van der Waals surface area contributed by atoms with Crippen molar-refractivity contribution < 1.29 is 14.0 Å². The molecule has 1 heterocycles. The molecule has 192 valence electrons. The number of hydrogen-bond donors (Lipinski definition) is 2. The molecule has 0 bridgehead atoms. The van der Waals surface area contributed by atoms with Gasteiger partial charge in [0.25, 0.3) is 5.91 Å². The predicted octanol–water partition coefficient (Wildman–Crippen LogP) is 5.87. The van der Waals surface area contributed by atoms with Crippen molar-refractivity contribution >= 4 is 34.3 Å². The summed E-state index contributed by atoms with van der Waals surface area (Å²) in [6, 6.07) is 11.1. The second-order valence-electron chi connectivity index (χ2n) is 10.8. The van der Waals surface area contributed by atoms with Gasteiger partial charge < -0.3 is 10.6 Å². The van der Waals surface area contributed by atoms with Gasteiger partial charge in [0.05, 0.1) is 0 Å². The molecule has 1 saturated carbocycles. The molecule has 2 N–H and O–H groups in total. The fourth-order valence-corrected chi connectivity index (χ4v) is 5.11. The number of nitrogens with one attached hydrogen (secondary N) is 2. The zero-order valence-electron chi connectivity index (χ0n) is 21.1. The monoisotopic (exact) mass is 512 g/mol. The van der Waals surface area contributed by atoms with E-state index in [1.165, 1.54) is 12.5 Å². The van der Waals surface area contributed by atoms with Crippen LogP contribution in [0.2, 0.25) is 5.02 Å². The Balaban J connectivity index is 1.57. The molecule has 3 aromatic rings. The average molecular weight is 513 g/mol. The highest BCUT2D eigenvalue weighted by molar-refractivity contribution is 6.31. The van der Waals surface area contributed by atoms with E-state index in [-0.39, 0.29) is 18.1 Å². The normalized spacial score (nSPS) is 15.6. The Hall–Kier alpha value is -2.93. The molecule has 1 fully saturated rings. The first-order chi connectivity index (χ1) is 17.1. The minimum Gasteiger partial charge on any atom is -0.350 e. The van der Waals surface area contributed by atoms with Crippen LogP contribution in [0, 0.1) is 17.2 Å². The zero-order valence-corrected chi connectivity index (χ0v) is 21.9. The lowest BCUT2D eigenvalue weighted by Crippen LogP contribution is -2.53. The van der Waals surface area contributed by atoms with Gasteiger partial charge in [-0.25, -0.2) is 4.39 Å². The number of benzene rings is 2. The Labute approximate surface area is 216 Å². The second kappa shape index (κ2) is 11.0. The standard InChI is InChI=1S/C28H34ClFN4O2/c1-28(2,3)25(27(36)31-16-19-12-7-8-14-21(19)29)32-26(35)23-20-13-9-15-22(30)24(20)34(33-23)17-18-10-5-4-6-11-18/h7-9,12-15,18,25H,4-6,10-11,16-17H2,1-3H3,(H,31,36)(H,32,35)/t25-/m1/s1. The molecule has 1 aromatic heterocycles. The molecule has 2 aromatic carbocycles. The lowest BCUT2D eigenvalue weighted by molar-refractivity contribution is -0.125. The van der Waals surface area contributed by atoms with E-state index < -0.39 is 23.2 Å². The molecule has 1 aliphatic carbocycles. The van der Waals surface area contributed by atoms with Gasteiger partial charge in [0.1, 0.15) is 17.4 Å². The largest absolute Gasteiger partial charge is 0.350 e. The molecule has 0 saturated heterocycles. The smallest absolute Gasteiger partial charge is 0.273 e. The van der Waals surface area contributed by atoms with Crippen LogP contribution >= 0.6 is 11.6 Å². The third kappa shape index (κ3) is 5.89. The van der Waals surface area contributed by atoms with Crippen molar-refractivity contribution in [2.75, 3.05) is 0 Å². The Bertz CT molecular complexity index is 1240. The highest BCUT2D eigenvalue weighted by atomic mass is 35.5. The van der Waals surface area contributed by atoms with E-state index in [2.05, 4.69) is 15.7 Å². The molecule has 0 spiro atoms. The number of hydrogen-bond acceptors (Lipinski definition) is 3. The minimum absolute atomic E-state index is 0.133. The first-order valence-electron chi connectivity index (χ1n) is 12.6. The third-order valence-corrected chi connectivity index (χ3v) is 7.27. The lowest BCUT2D eigenvalue weighted by atomic mass is 9.86. The maximum Gasteiger partial charge on any atom is 0.273 e. The van der Waals surface area contributed by atoms with Crippen LogP contribution < -0.4 is 10.6 Å².